The first-order valence-electron chi connectivity index (χ1n) is 17.5. The zero-order valence-electron chi connectivity index (χ0n) is 30.0. The van der Waals surface area contributed by atoms with Gasteiger partial charge in [0.2, 0.25) is 11.8 Å². The topological polar surface area (TPSA) is 206 Å². The maximum absolute atomic E-state index is 13.7. The van der Waals surface area contributed by atoms with Crippen LogP contribution in [0.5, 0.6) is 5.75 Å². The maximum atomic E-state index is 13.7. The monoisotopic (exact) mass is 714 g/mol. The molecule has 0 bridgehead atoms. The number of ketones is 1. The molecule has 13 nitrogen and oxygen atoms in total. The Hall–Kier alpha value is -4.70. The van der Waals surface area contributed by atoms with Crippen LogP contribution in [0.1, 0.15) is 103 Å². The third kappa shape index (κ3) is 18.2. The van der Waals surface area contributed by atoms with Crippen molar-refractivity contribution in [1.29, 1.82) is 0 Å². The Morgan fingerprint density at radius 1 is 0.902 bits per heavy atom. The summed E-state index contributed by atoms with van der Waals surface area (Å²) in [5.74, 6) is -1.91. The number of carboxylic acids is 2. The molecule has 1 aromatic carbocycles. The summed E-state index contributed by atoms with van der Waals surface area (Å²) in [6.45, 7) is 3.48. The predicted molar refractivity (Wildman–Crippen MR) is 190 cm³/mol. The number of unbranched alkanes of at least 4 members (excludes halogenated alkanes) is 8. The number of methoxy groups -OCH3 is 1. The third-order valence-electron chi connectivity index (χ3n) is 8.17. The Morgan fingerprint density at radius 2 is 1.53 bits per heavy atom. The van der Waals surface area contributed by atoms with E-state index in [-0.39, 0.29) is 18.8 Å². The Kier molecular flexibility index (Phi) is 22.0. The molecule has 0 aliphatic carbocycles. The second-order valence-corrected chi connectivity index (χ2v) is 12.3. The van der Waals surface area contributed by atoms with Gasteiger partial charge < -0.3 is 35.4 Å². The van der Waals surface area contributed by atoms with Crippen LogP contribution in [0, 0.1) is 17.8 Å². The minimum absolute atomic E-state index is 0.115. The van der Waals surface area contributed by atoms with Gasteiger partial charge in [-0.25, -0.2) is 4.79 Å². The molecule has 0 spiro atoms. The third-order valence-corrected chi connectivity index (χ3v) is 8.17. The van der Waals surface area contributed by atoms with Crippen molar-refractivity contribution < 1.29 is 53.6 Å². The van der Waals surface area contributed by atoms with E-state index >= 15 is 0 Å². The molecule has 3 atom stereocenters. The number of hydrogen-bond donors (Lipinski definition) is 5. The van der Waals surface area contributed by atoms with Crippen molar-refractivity contribution in [2.45, 2.75) is 115 Å². The molecule has 1 aromatic rings. The van der Waals surface area contributed by atoms with Gasteiger partial charge in [-0.1, -0.05) is 75.7 Å². The smallest absolute Gasteiger partial charge is 0.337 e. The van der Waals surface area contributed by atoms with Gasteiger partial charge in [0, 0.05) is 19.3 Å². The summed E-state index contributed by atoms with van der Waals surface area (Å²) in [4.78, 5) is 74.4. The first-order chi connectivity index (χ1) is 24.4. The lowest BCUT2D eigenvalue weighted by molar-refractivity contribution is -0.172. The van der Waals surface area contributed by atoms with Crippen molar-refractivity contribution in [1.82, 2.24) is 10.6 Å². The average Bonchev–Trinajstić information content (AvgIpc) is 3.09. The number of rotatable bonds is 27. The fourth-order valence-corrected chi connectivity index (χ4v) is 5.21. The van der Waals surface area contributed by atoms with Crippen molar-refractivity contribution >= 4 is 35.5 Å². The predicted octanol–water partition coefficient (Wildman–Crippen LogP) is 4.14. The molecule has 5 N–H and O–H groups in total. The van der Waals surface area contributed by atoms with Crippen LogP contribution in [0.4, 0.5) is 0 Å². The highest BCUT2D eigenvalue weighted by Crippen LogP contribution is 2.26. The van der Waals surface area contributed by atoms with Gasteiger partial charge in [0.25, 0.3) is 0 Å². The summed E-state index contributed by atoms with van der Waals surface area (Å²) in [6, 6.07) is 5.18. The summed E-state index contributed by atoms with van der Waals surface area (Å²) < 4.78 is 10.1. The van der Waals surface area contributed by atoms with Crippen LogP contribution >= 0.6 is 0 Å². The van der Waals surface area contributed by atoms with Crippen molar-refractivity contribution in [3.05, 3.63) is 42.0 Å². The minimum Gasteiger partial charge on any atom is -0.481 e. The Balaban J connectivity index is 3.04. The van der Waals surface area contributed by atoms with Crippen molar-refractivity contribution in [2.75, 3.05) is 20.3 Å². The van der Waals surface area contributed by atoms with Crippen LogP contribution < -0.4 is 15.4 Å². The number of carbonyl (C=O) groups is 6. The van der Waals surface area contributed by atoms with Gasteiger partial charge >= 0.3 is 17.9 Å². The first-order valence-corrected chi connectivity index (χ1v) is 17.5. The molecule has 13 heteroatoms. The van der Waals surface area contributed by atoms with Gasteiger partial charge in [-0.2, -0.15) is 0 Å². The average molecular weight is 715 g/mol. The molecular weight excluding hydrogens is 660 g/mol. The highest BCUT2D eigenvalue weighted by molar-refractivity contribution is 5.96. The molecule has 51 heavy (non-hydrogen) atoms. The van der Waals surface area contributed by atoms with E-state index in [1.165, 1.54) is 12.5 Å². The lowest BCUT2D eigenvalue weighted by Crippen LogP contribution is -2.56. The summed E-state index contributed by atoms with van der Waals surface area (Å²) in [7, 11) is 1.13. The summed E-state index contributed by atoms with van der Waals surface area (Å²) in [6.07, 6.45) is 11.2. The first kappa shape index (κ1) is 44.3. The molecule has 0 aromatic heterocycles. The van der Waals surface area contributed by atoms with E-state index in [2.05, 4.69) is 34.1 Å². The Labute approximate surface area is 300 Å². The summed E-state index contributed by atoms with van der Waals surface area (Å²) in [5.41, 5.74) is -2.49. The number of Topliss-reactive ketones (excluding diaryl/α,β-unsaturated/α-hetero) is 1. The van der Waals surface area contributed by atoms with E-state index in [9.17, 15) is 44.1 Å². The Bertz CT molecular complexity index is 1360. The number of benzene rings is 1. The second-order valence-electron chi connectivity index (χ2n) is 12.3. The molecule has 0 aliphatic rings. The number of esters is 1. The summed E-state index contributed by atoms with van der Waals surface area (Å²) >= 11 is 0. The largest absolute Gasteiger partial charge is 0.481 e. The van der Waals surface area contributed by atoms with Gasteiger partial charge in [-0.15, -0.1) is 5.92 Å². The number of aliphatic hydroxyl groups is 1. The zero-order chi connectivity index (χ0) is 38.1. The fourth-order valence-electron chi connectivity index (χ4n) is 5.21. The number of amides is 2. The van der Waals surface area contributed by atoms with Gasteiger partial charge in [0.1, 0.15) is 30.7 Å². The number of nitrogens with one attached hydrogen (secondary N) is 2. The molecule has 0 heterocycles. The normalized spacial score (nSPS) is 13.2. The number of carbonyl (C=O) groups excluding carboxylic acids is 4. The standard InChI is InChI=1S/C38H54N2O11/c1-4-6-8-11-14-17-29(41)18-15-12-9-10-13-16-19-31(38(49,37(47)48)26-33(42)43)35(45)40-32(36(46)39-27-34(44)50-3)25-28-20-22-30(23-21-28)51-24-7-5-2/h16,19-23,31-32,49H,4,6,8-15,17-18,24-27H2,1-3H3,(H,39,46)(H,40,45)(H,42,43)(H,47,48)/b19-16+/t31-,32+,38+/m1/s1. The van der Waals surface area contributed by atoms with Crippen LogP contribution in [-0.2, 0) is 39.9 Å². The van der Waals surface area contributed by atoms with Crippen LogP contribution in [0.25, 0.3) is 0 Å². The van der Waals surface area contributed by atoms with E-state index < -0.39 is 60.2 Å². The van der Waals surface area contributed by atoms with Gasteiger partial charge in [0.15, 0.2) is 5.60 Å². The fraction of sp³-hybridized carbons (Fsp3) is 0.579. The quantitative estimate of drug-likeness (QED) is 0.0379. The van der Waals surface area contributed by atoms with Crippen LogP contribution in [-0.4, -0.2) is 82.7 Å². The minimum atomic E-state index is -3.04. The molecule has 0 aliphatic heterocycles. The second kappa shape index (κ2) is 25.3. The molecular formula is C38H54N2O11. The van der Waals surface area contributed by atoms with Gasteiger partial charge in [-0.3, -0.25) is 24.0 Å². The van der Waals surface area contributed by atoms with Gasteiger partial charge in [0.05, 0.1) is 19.4 Å². The lowest BCUT2D eigenvalue weighted by atomic mass is 9.82. The van der Waals surface area contributed by atoms with Crippen LogP contribution in [0.2, 0.25) is 0 Å². The zero-order valence-corrected chi connectivity index (χ0v) is 30.0. The van der Waals surface area contributed by atoms with Crippen molar-refractivity contribution in [3.8, 4) is 17.6 Å². The number of carboxylic acid groups (broad SMARTS) is 2. The highest BCUT2D eigenvalue weighted by Gasteiger charge is 2.49. The molecule has 0 saturated heterocycles. The number of ether oxygens (including phenoxy) is 2. The van der Waals surface area contributed by atoms with Crippen LogP contribution in [0.15, 0.2) is 36.4 Å². The number of aliphatic carboxylic acids is 2. The number of allylic oxidation sites excluding steroid dienone is 1. The van der Waals surface area contributed by atoms with E-state index in [0.29, 0.717) is 37.0 Å². The van der Waals surface area contributed by atoms with E-state index in [0.717, 1.165) is 58.1 Å². The molecule has 2 amide bonds. The molecule has 282 valence electrons. The number of hydrogen-bond acceptors (Lipinski definition) is 9. The van der Waals surface area contributed by atoms with Crippen molar-refractivity contribution in [2.24, 2.45) is 5.92 Å². The van der Waals surface area contributed by atoms with Crippen LogP contribution in [0.3, 0.4) is 0 Å². The molecule has 0 radical (unpaired) electrons. The van der Waals surface area contributed by atoms with E-state index in [1.54, 1.807) is 31.2 Å². The van der Waals surface area contributed by atoms with E-state index in [4.69, 9.17) is 4.74 Å². The molecule has 0 fully saturated rings. The Morgan fingerprint density at radius 3 is 2.10 bits per heavy atom. The van der Waals surface area contributed by atoms with Gasteiger partial charge in [-0.05, 0) is 50.3 Å². The summed E-state index contributed by atoms with van der Waals surface area (Å²) in [5, 5.41) is 35.2. The molecule has 0 saturated carbocycles. The maximum Gasteiger partial charge on any atom is 0.337 e. The highest BCUT2D eigenvalue weighted by atomic mass is 16.5. The van der Waals surface area contributed by atoms with E-state index in [1.807, 2.05) is 0 Å². The molecule has 1 rings (SSSR count). The molecule has 0 unspecified atom stereocenters. The SMILES string of the molecule is CC#CCOc1ccc(C[C@H](NC(=O)[C@@H](/C=C/CCCCCCC(=O)CCCCCCC)[C@@](O)(CC(=O)O)C(=O)O)C(=O)NCC(=O)OC)cc1. The van der Waals surface area contributed by atoms with Crippen molar-refractivity contribution in [3.63, 3.8) is 0 Å². The lowest BCUT2D eigenvalue weighted by Gasteiger charge is -2.30.